The number of hydrogen-bond acceptors (Lipinski definition) is 6. The minimum atomic E-state index is -0.603. The average molecular weight is 285 g/mol. The average Bonchev–Trinajstić information content (AvgIpc) is 2.53. The van der Waals surface area contributed by atoms with Crippen LogP contribution in [0.5, 0.6) is 0 Å². The molecule has 0 fully saturated rings. The van der Waals surface area contributed by atoms with Crippen LogP contribution in [-0.2, 0) is 14.3 Å². The number of nitrogens with zero attached hydrogens (tertiary/aromatic N) is 2. The molecule has 1 aromatic heterocycles. The van der Waals surface area contributed by atoms with E-state index in [1.54, 1.807) is 24.5 Å². The van der Waals surface area contributed by atoms with Gasteiger partial charge >= 0.3 is 5.97 Å². The summed E-state index contributed by atoms with van der Waals surface area (Å²) >= 11 is 0. The van der Waals surface area contributed by atoms with Crippen LogP contribution < -0.4 is 5.73 Å². The Morgan fingerprint density at radius 1 is 1.52 bits per heavy atom. The summed E-state index contributed by atoms with van der Waals surface area (Å²) in [4.78, 5) is 16.1. The molecule has 2 N–H and O–H groups in total. The van der Waals surface area contributed by atoms with Gasteiger partial charge in [0, 0.05) is 18.8 Å². The molecule has 0 aromatic carbocycles. The molecule has 1 atom stereocenters. The molecule has 2 heterocycles. The maximum atomic E-state index is 12.1. The molecule has 108 valence electrons. The summed E-state index contributed by atoms with van der Waals surface area (Å²) in [6, 6.07) is 5.49. The molecule has 1 unspecified atom stereocenters. The number of aromatic nitrogens is 1. The van der Waals surface area contributed by atoms with Gasteiger partial charge in [0.15, 0.2) is 0 Å². The van der Waals surface area contributed by atoms with Gasteiger partial charge in [-0.3, -0.25) is 4.98 Å². The highest BCUT2D eigenvalue weighted by Crippen LogP contribution is 2.40. The van der Waals surface area contributed by atoms with E-state index >= 15 is 0 Å². The Labute approximate surface area is 122 Å². The normalized spacial score (nSPS) is 18.0. The molecule has 6 heteroatoms. The number of nitriles is 1. The van der Waals surface area contributed by atoms with Crippen molar-refractivity contribution in [3.8, 4) is 6.07 Å². The summed E-state index contributed by atoms with van der Waals surface area (Å²) in [5.74, 6) is -0.702. The third-order valence-electron chi connectivity index (χ3n) is 3.26. The predicted octanol–water partition coefficient (Wildman–Crippen LogP) is 1.73. The lowest BCUT2D eigenvalue weighted by atomic mass is 9.83. The van der Waals surface area contributed by atoms with Crippen LogP contribution in [0.2, 0.25) is 0 Å². The van der Waals surface area contributed by atoms with Crippen molar-refractivity contribution in [3.05, 3.63) is 52.9 Å². The molecule has 0 radical (unpaired) electrons. The lowest BCUT2D eigenvalue weighted by Gasteiger charge is -2.27. The van der Waals surface area contributed by atoms with E-state index in [-0.39, 0.29) is 11.5 Å². The number of rotatable bonds is 3. The van der Waals surface area contributed by atoms with E-state index < -0.39 is 11.9 Å². The predicted molar refractivity (Wildman–Crippen MR) is 74.2 cm³/mol. The van der Waals surface area contributed by atoms with Crippen molar-refractivity contribution < 1.29 is 14.3 Å². The van der Waals surface area contributed by atoms with Crippen molar-refractivity contribution in [1.29, 1.82) is 5.26 Å². The Kier molecular flexibility index (Phi) is 4.24. The monoisotopic (exact) mass is 285 g/mol. The van der Waals surface area contributed by atoms with Crippen molar-refractivity contribution in [2.45, 2.75) is 19.3 Å². The Balaban J connectivity index is 2.66. The minimum absolute atomic E-state index is 0.0174. The summed E-state index contributed by atoms with van der Waals surface area (Å²) in [6.45, 7) is 1.84. The second-order valence-electron chi connectivity index (χ2n) is 4.39. The van der Waals surface area contributed by atoms with E-state index in [1.165, 1.54) is 7.11 Å². The number of esters is 1. The molecule has 6 nitrogen and oxygen atoms in total. The largest absolute Gasteiger partial charge is 0.466 e. The van der Waals surface area contributed by atoms with Gasteiger partial charge in [0.2, 0.25) is 5.88 Å². The summed E-state index contributed by atoms with van der Waals surface area (Å²) in [5.41, 5.74) is 7.05. The summed E-state index contributed by atoms with van der Waals surface area (Å²) in [7, 11) is 1.29. The number of nitrogens with two attached hydrogens (primary N) is 1. The van der Waals surface area contributed by atoms with Crippen molar-refractivity contribution in [2.75, 3.05) is 7.11 Å². The van der Waals surface area contributed by atoms with Gasteiger partial charge in [-0.15, -0.1) is 0 Å². The number of hydrogen-bond donors (Lipinski definition) is 1. The van der Waals surface area contributed by atoms with Gasteiger partial charge in [-0.25, -0.2) is 4.79 Å². The van der Waals surface area contributed by atoms with E-state index in [1.807, 2.05) is 13.0 Å². The molecule has 0 amide bonds. The van der Waals surface area contributed by atoms with Crippen LogP contribution in [0.3, 0.4) is 0 Å². The zero-order valence-corrected chi connectivity index (χ0v) is 11.8. The molecule has 0 saturated heterocycles. The first kappa shape index (κ1) is 14.6. The van der Waals surface area contributed by atoms with E-state index in [0.717, 1.165) is 5.56 Å². The molecule has 2 rings (SSSR count). The first-order chi connectivity index (χ1) is 10.1. The molecule has 1 aromatic rings. The van der Waals surface area contributed by atoms with Gasteiger partial charge in [0.05, 0.1) is 18.6 Å². The van der Waals surface area contributed by atoms with E-state index in [9.17, 15) is 10.1 Å². The van der Waals surface area contributed by atoms with Gasteiger partial charge in [-0.1, -0.05) is 6.92 Å². The van der Waals surface area contributed by atoms with Crippen LogP contribution in [0, 0.1) is 11.3 Å². The molecule has 0 spiro atoms. The molecular weight excluding hydrogens is 270 g/mol. The Bertz CT molecular complexity index is 656. The zero-order chi connectivity index (χ0) is 15.4. The minimum Gasteiger partial charge on any atom is -0.466 e. The molecular formula is C15H15N3O3. The van der Waals surface area contributed by atoms with Gasteiger partial charge in [0.1, 0.15) is 17.4 Å². The summed E-state index contributed by atoms with van der Waals surface area (Å²) < 4.78 is 10.3. The lowest BCUT2D eigenvalue weighted by Crippen LogP contribution is -2.25. The quantitative estimate of drug-likeness (QED) is 0.849. The smallest absolute Gasteiger partial charge is 0.338 e. The van der Waals surface area contributed by atoms with Gasteiger partial charge < -0.3 is 15.2 Å². The van der Waals surface area contributed by atoms with Crippen LogP contribution in [0.15, 0.2) is 47.3 Å². The fraction of sp³-hybridized carbons (Fsp3) is 0.267. The number of carbonyl (C=O) groups excluding carboxylic acids is 1. The maximum absolute atomic E-state index is 12.1. The molecule has 0 saturated carbocycles. The van der Waals surface area contributed by atoms with Gasteiger partial charge in [-0.2, -0.15) is 5.26 Å². The number of carbonyl (C=O) groups is 1. The third-order valence-corrected chi connectivity index (χ3v) is 3.26. The summed E-state index contributed by atoms with van der Waals surface area (Å²) in [5, 5.41) is 9.37. The molecule has 21 heavy (non-hydrogen) atoms. The SMILES string of the molecule is CCC1=C(C(=O)OC)C(c2ccncc2)C(C#N)=C(N)O1. The highest BCUT2D eigenvalue weighted by Gasteiger charge is 2.36. The number of methoxy groups -OCH3 is 1. The molecule has 1 aliphatic rings. The number of ether oxygens (including phenoxy) is 2. The van der Waals surface area contributed by atoms with Crippen LogP contribution in [-0.4, -0.2) is 18.1 Å². The highest BCUT2D eigenvalue weighted by molar-refractivity contribution is 5.92. The number of allylic oxidation sites excluding steroid dienone is 2. The molecule has 1 aliphatic heterocycles. The Morgan fingerprint density at radius 2 is 2.19 bits per heavy atom. The number of pyridine rings is 1. The lowest BCUT2D eigenvalue weighted by molar-refractivity contribution is -0.136. The second kappa shape index (κ2) is 6.09. The van der Waals surface area contributed by atoms with Crippen LogP contribution in [0.25, 0.3) is 0 Å². The van der Waals surface area contributed by atoms with E-state index in [2.05, 4.69) is 4.98 Å². The van der Waals surface area contributed by atoms with Gasteiger partial charge in [-0.05, 0) is 17.7 Å². The highest BCUT2D eigenvalue weighted by atomic mass is 16.5. The van der Waals surface area contributed by atoms with Crippen molar-refractivity contribution in [3.63, 3.8) is 0 Å². The summed E-state index contributed by atoms with van der Waals surface area (Å²) in [6.07, 6.45) is 3.65. The van der Waals surface area contributed by atoms with Gasteiger partial charge in [0.25, 0.3) is 0 Å². The molecule has 0 aliphatic carbocycles. The first-order valence-electron chi connectivity index (χ1n) is 6.42. The first-order valence-corrected chi connectivity index (χ1v) is 6.42. The standard InChI is InChI=1S/C15H15N3O3/c1-3-11-13(15(19)20-2)12(9-4-6-18-7-5-9)10(8-16)14(17)21-11/h4-7,12H,3,17H2,1-2H3. The fourth-order valence-corrected chi connectivity index (χ4v) is 2.30. The second-order valence-corrected chi connectivity index (χ2v) is 4.39. The third kappa shape index (κ3) is 2.58. The van der Waals surface area contributed by atoms with Crippen LogP contribution >= 0.6 is 0 Å². The van der Waals surface area contributed by atoms with Crippen LogP contribution in [0.1, 0.15) is 24.8 Å². The van der Waals surface area contributed by atoms with Crippen molar-refractivity contribution in [1.82, 2.24) is 4.98 Å². The van der Waals surface area contributed by atoms with Crippen molar-refractivity contribution >= 4 is 5.97 Å². The zero-order valence-electron chi connectivity index (χ0n) is 11.8. The fourth-order valence-electron chi connectivity index (χ4n) is 2.30. The van der Waals surface area contributed by atoms with Crippen LogP contribution in [0.4, 0.5) is 0 Å². The van der Waals surface area contributed by atoms with E-state index in [4.69, 9.17) is 15.2 Å². The van der Waals surface area contributed by atoms with Crippen molar-refractivity contribution in [2.24, 2.45) is 5.73 Å². The Morgan fingerprint density at radius 3 is 2.71 bits per heavy atom. The maximum Gasteiger partial charge on any atom is 0.338 e. The topological polar surface area (TPSA) is 98.2 Å². The molecule has 0 bridgehead atoms. The van der Waals surface area contributed by atoms with E-state index in [0.29, 0.717) is 17.8 Å². The Hall–Kier alpha value is -2.81.